The monoisotopic (exact) mass is 179 g/mol. The molecule has 0 bridgehead atoms. The van der Waals surface area contributed by atoms with Crippen LogP contribution in [-0.4, -0.2) is 20.2 Å². The van der Waals surface area contributed by atoms with Gasteiger partial charge in [0.2, 0.25) is 0 Å². The van der Waals surface area contributed by atoms with Crippen LogP contribution in [0.1, 0.15) is 13.8 Å². The molecule has 0 N–H and O–H groups in total. The average molecular weight is 179 g/mol. The van der Waals surface area contributed by atoms with E-state index >= 15 is 0 Å². The van der Waals surface area contributed by atoms with Crippen LogP contribution in [0, 0.1) is 0 Å². The van der Waals surface area contributed by atoms with Gasteiger partial charge in [0.15, 0.2) is 0 Å². The van der Waals surface area contributed by atoms with Crippen LogP contribution in [0.2, 0.25) is 0 Å². The molecule has 0 saturated carbocycles. The number of hydrogen-bond donors (Lipinski definition) is 0. The van der Waals surface area contributed by atoms with E-state index in [1.807, 2.05) is 46.1 Å². The van der Waals surface area contributed by atoms with Crippen molar-refractivity contribution in [3.63, 3.8) is 0 Å². The predicted molar refractivity (Wildman–Crippen MR) is 56.5 cm³/mol. The zero-order valence-electron chi connectivity index (χ0n) is 8.74. The van der Waals surface area contributed by atoms with Crippen molar-refractivity contribution in [2.75, 3.05) is 19.0 Å². The normalized spacial score (nSPS) is 10.2. The number of benzene rings is 1. The maximum absolute atomic E-state index is 5.58. The minimum Gasteiger partial charge on any atom is -0.491 e. The van der Waals surface area contributed by atoms with E-state index in [1.165, 1.54) is 0 Å². The zero-order valence-corrected chi connectivity index (χ0v) is 8.74. The minimum atomic E-state index is 0.234. The molecule has 0 aliphatic heterocycles. The van der Waals surface area contributed by atoms with Crippen LogP contribution in [0.5, 0.6) is 5.75 Å². The van der Waals surface area contributed by atoms with E-state index in [0.717, 1.165) is 11.4 Å². The van der Waals surface area contributed by atoms with E-state index in [0.29, 0.717) is 0 Å². The molecule has 13 heavy (non-hydrogen) atoms. The van der Waals surface area contributed by atoms with Crippen LogP contribution in [0.3, 0.4) is 0 Å². The second-order valence-corrected chi connectivity index (χ2v) is 3.56. The first-order valence-corrected chi connectivity index (χ1v) is 4.53. The Labute approximate surface area is 80.1 Å². The molecule has 0 fully saturated rings. The Morgan fingerprint density at radius 1 is 1.23 bits per heavy atom. The largest absolute Gasteiger partial charge is 0.491 e. The van der Waals surface area contributed by atoms with Crippen LogP contribution < -0.4 is 9.64 Å². The molecule has 0 aromatic heterocycles. The summed E-state index contributed by atoms with van der Waals surface area (Å²) in [6.07, 6.45) is 0.234. The first-order chi connectivity index (χ1) is 6.09. The highest BCUT2D eigenvalue weighted by molar-refractivity contribution is 5.49. The molecule has 2 heteroatoms. The van der Waals surface area contributed by atoms with Gasteiger partial charge in [0.1, 0.15) is 5.75 Å². The fraction of sp³-hybridized carbons (Fsp3) is 0.455. The van der Waals surface area contributed by atoms with Gasteiger partial charge in [-0.1, -0.05) is 6.07 Å². The molecule has 2 nitrogen and oxygen atoms in total. The third kappa shape index (κ3) is 2.98. The van der Waals surface area contributed by atoms with Crippen LogP contribution in [-0.2, 0) is 0 Å². The molecule has 1 aromatic carbocycles. The molecule has 0 saturated heterocycles. The standard InChI is InChI=1S/C11H17NO/c1-9(2)13-11-7-5-6-10(8-11)12(3)4/h5-9H,1-4H3. The molecule has 0 amide bonds. The maximum Gasteiger partial charge on any atom is 0.121 e. The Morgan fingerprint density at radius 2 is 1.92 bits per heavy atom. The first kappa shape index (κ1) is 9.90. The van der Waals surface area contributed by atoms with Gasteiger partial charge in [0.25, 0.3) is 0 Å². The summed E-state index contributed by atoms with van der Waals surface area (Å²) in [5, 5.41) is 0. The van der Waals surface area contributed by atoms with Crippen LogP contribution in [0.15, 0.2) is 24.3 Å². The van der Waals surface area contributed by atoms with Gasteiger partial charge in [-0.05, 0) is 26.0 Å². The molecule has 0 unspecified atom stereocenters. The molecule has 1 rings (SSSR count). The lowest BCUT2D eigenvalue weighted by Crippen LogP contribution is -2.10. The number of anilines is 1. The third-order valence-electron chi connectivity index (χ3n) is 1.71. The molecule has 1 aromatic rings. The van der Waals surface area contributed by atoms with Crippen LogP contribution in [0.25, 0.3) is 0 Å². The van der Waals surface area contributed by atoms with Crippen LogP contribution >= 0.6 is 0 Å². The molecule has 0 radical (unpaired) electrons. The van der Waals surface area contributed by atoms with Gasteiger partial charge >= 0.3 is 0 Å². The van der Waals surface area contributed by atoms with E-state index < -0.39 is 0 Å². The van der Waals surface area contributed by atoms with Crippen molar-refractivity contribution in [1.29, 1.82) is 0 Å². The van der Waals surface area contributed by atoms with Crippen molar-refractivity contribution >= 4 is 5.69 Å². The Hall–Kier alpha value is -1.18. The molecule has 0 atom stereocenters. The zero-order chi connectivity index (χ0) is 9.84. The van der Waals surface area contributed by atoms with Gasteiger partial charge in [-0.3, -0.25) is 0 Å². The SMILES string of the molecule is CC(C)Oc1cccc(N(C)C)c1. The Morgan fingerprint density at radius 3 is 2.46 bits per heavy atom. The van der Waals surface area contributed by atoms with Gasteiger partial charge in [0, 0.05) is 25.8 Å². The number of nitrogens with zero attached hydrogens (tertiary/aromatic N) is 1. The summed E-state index contributed by atoms with van der Waals surface area (Å²) >= 11 is 0. The summed E-state index contributed by atoms with van der Waals surface area (Å²) < 4.78 is 5.58. The lowest BCUT2D eigenvalue weighted by Gasteiger charge is -2.15. The van der Waals surface area contributed by atoms with Gasteiger partial charge in [-0.15, -0.1) is 0 Å². The smallest absolute Gasteiger partial charge is 0.121 e. The molecular formula is C11H17NO. The fourth-order valence-electron chi connectivity index (χ4n) is 1.11. The third-order valence-corrected chi connectivity index (χ3v) is 1.71. The van der Waals surface area contributed by atoms with E-state index in [1.54, 1.807) is 0 Å². The Kier molecular flexibility index (Phi) is 3.18. The average Bonchev–Trinajstić information content (AvgIpc) is 2.03. The van der Waals surface area contributed by atoms with Crippen molar-refractivity contribution in [2.45, 2.75) is 20.0 Å². The van der Waals surface area contributed by atoms with Crippen molar-refractivity contribution in [2.24, 2.45) is 0 Å². The maximum atomic E-state index is 5.58. The highest BCUT2D eigenvalue weighted by atomic mass is 16.5. The van der Waals surface area contributed by atoms with E-state index in [-0.39, 0.29) is 6.10 Å². The highest BCUT2D eigenvalue weighted by Gasteiger charge is 1.99. The van der Waals surface area contributed by atoms with Crippen LogP contribution in [0.4, 0.5) is 5.69 Å². The Balaban J connectivity index is 2.79. The summed E-state index contributed by atoms with van der Waals surface area (Å²) in [5.74, 6) is 0.932. The van der Waals surface area contributed by atoms with Crippen molar-refractivity contribution in [3.8, 4) is 5.75 Å². The van der Waals surface area contributed by atoms with Crippen molar-refractivity contribution in [3.05, 3.63) is 24.3 Å². The lowest BCUT2D eigenvalue weighted by atomic mass is 10.3. The summed E-state index contributed by atoms with van der Waals surface area (Å²) in [4.78, 5) is 2.06. The first-order valence-electron chi connectivity index (χ1n) is 4.53. The summed E-state index contributed by atoms with van der Waals surface area (Å²) in [5.41, 5.74) is 1.16. The van der Waals surface area contributed by atoms with Gasteiger partial charge in [0.05, 0.1) is 6.10 Å². The summed E-state index contributed by atoms with van der Waals surface area (Å²) in [7, 11) is 4.04. The summed E-state index contributed by atoms with van der Waals surface area (Å²) in [6.45, 7) is 4.06. The highest BCUT2D eigenvalue weighted by Crippen LogP contribution is 2.19. The second kappa shape index (κ2) is 4.17. The molecule has 0 aliphatic carbocycles. The Bertz CT molecular complexity index is 269. The van der Waals surface area contributed by atoms with E-state index in [9.17, 15) is 0 Å². The minimum absolute atomic E-state index is 0.234. The molecular weight excluding hydrogens is 162 g/mol. The van der Waals surface area contributed by atoms with Gasteiger partial charge < -0.3 is 9.64 Å². The topological polar surface area (TPSA) is 12.5 Å². The second-order valence-electron chi connectivity index (χ2n) is 3.56. The van der Waals surface area contributed by atoms with Gasteiger partial charge in [-0.2, -0.15) is 0 Å². The van der Waals surface area contributed by atoms with E-state index in [2.05, 4.69) is 11.0 Å². The quantitative estimate of drug-likeness (QED) is 0.707. The molecule has 0 spiro atoms. The number of ether oxygens (including phenoxy) is 1. The summed E-state index contributed by atoms with van der Waals surface area (Å²) in [6, 6.07) is 8.09. The van der Waals surface area contributed by atoms with E-state index in [4.69, 9.17) is 4.74 Å². The number of hydrogen-bond acceptors (Lipinski definition) is 2. The number of rotatable bonds is 3. The molecule has 0 aliphatic rings. The van der Waals surface area contributed by atoms with Gasteiger partial charge in [-0.25, -0.2) is 0 Å². The lowest BCUT2D eigenvalue weighted by molar-refractivity contribution is 0.242. The fourth-order valence-corrected chi connectivity index (χ4v) is 1.11. The predicted octanol–water partition coefficient (Wildman–Crippen LogP) is 2.54. The molecule has 72 valence electrons. The van der Waals surface area contributed by atoms with Crippen molar-refractivity contribution in [1.82, 2.24) is 0 Å². The molecule has 0 heterocycles. The van der Waals surface area contributed by atoms with Crippen molar-refractivity contribution < 1.29 is 4.74 Å².